The van der Waals surface area contributed by atoms with Crippen LogP contribution in [0.15, 0.2) is 23.2 Å². The van der Waals surface area contributed by atoms with Gasteiger partial charge in [-0.1, -0.05) is 0 Å². The van der Waals surface area contributed by atoms with E-state index >= 15 is 0 Å². The number of ether oxygens (including phenoxy) is 1. The molecule has 0 saturated carbocycles. The van der Waals surface area contributed by atoms with Crippen molar-refractivity contribution in [3.8, 4) is 5.88 Å². The Bertz CT molecular complexity index is 528. The summed E-state index contributed by atoms with van der Waals surface area (Å²) in [6, 6.07) is 3.10. The highest BCUT2D eigenvalue weighted by Crippen LogP contribution is 2.25. The normalized spacial score (nSPS) is 20.8. The van der Waals surface area contributed by atoms with Gasteiger partial charge in [-0.3, -0.25) is 0 Å². The fraction of sp³-hybridized carbons (Fsp3) is 0.615. The van der Waals surface area contributed by atoms with E-state index in [4.69, 9.17) is 10.5 Å². The van der Waals surface area contributed by atoms with E-state index in [1.54, 1.807) is 10.4 Å². The van der Waals surface area contributed by atoms with Crippen molar-refractivity contribution in [3.63, 3.8) is 0 Å². The van der Waals surface area contributed by atoms with Gasteiger partial charge in [0.1, 0.15) is 4.90 Å². The fourth-order valence-electron chi connectivity index (χ4n) is 2.51. The number of nitrogens with two attached hydrogens (primary N) is 1. The van der Waals surface area contributed by atoms with Gasteiger partial charge in [0.15, 0.2) is 0 Å². The molecule has 0 radical (unpaired) electrons. The zero-order chi connectivity index (χ0) is 14.6. The lowest BCUT2D eigenvalue weighted by Crippen LogP contribution is -2.40. The molecule has 0 bridgehead atoms. The van der Waals surface area contributed by atoms with Gasteiger partial charge in [-0.15, -0.1) is 0 Å². The number of aromatic nitrogens is 1. The first-order valence-corrected chi connectivity index (χ1v) is 8.22. The van der Waals surface area contributed by atoms with Gasteiger partial charge in [0.2, 0.25) is 15.9 Å². The minimum absolute atomic E-state index is 0.215. The molecule has 0 aliphatic carbocycles. The van der Waals surface area contributed by atoms with Gasteiger partial charge in [0.25, 0.3) is 0 Å². The summed E-state index contributed by atoms with van der Waals surface area (Å²) in [6.07, 6.45) is 4.14. The Morgan fingerprint density at radius 1 is 1.50 bits per heavy atom. The standard InChI is InChI=1S/C13H21N3O3S/c1-19-13-5-4-12(9-15-13)20(17,18)16-8-2-3-11(10-16)6-7-14/h4-5,9,11H,2-3,6-8,10,14H2,1H3. The molecule has 1 atom stereocenters. The number of hydrogen-bond acceptors (Lipinski definition) is 5. The summed E-state index contributed by atoms with van der Waals surface area (Å²) in [7, 11) is -1.97. The van der Waals surface area contributed by atoms with E-state index < -0.39 is 10.0 Å². The molecule has 1 unspecified atom stereocenters. The summed E-state index contributed by atoms with van der Waals surface area (Å²) >= 11 is 0. The van der Waals surface area contributed by atoms with Crippen molar-refractivity contribution in [3.05, 3.63) is 18.3 Å². The second kappa shape index (κ2) is 6.51. The topological polar surface area (TPSA) is 85.5 Å². The summed E-state index contributed by atoms with van der Waals surface area (Å²) in [5, 5.41) is 0. The van der Waals surface area contributed by atoms with Gasteiger partial charge in [-0.25, -0.2) is 13.4 Å². The highest BCUT2D eigenvalue weighted by atomic mass is 32.2. The molecule has 1 saturated heterocycles. The van der Waals surface area contributed by atoms with Crippen LogP contribution >= 0.6 is 0 Å². The average Bonchev–Trinajstić information content (AvgIpc) is 2.48. The molecule has 7 heteroatoms. The van der Waals surface area contributed by atoms with E-state index in [2.05, 4.69) is 4.98 Å². The Kier molecular flexibility index (Phi) is 4.95. The van der Waals surface area contributed by atoms with E-state index in [0.29, 0.717) is 31.4 Å². The molecule has 1 aliphatic heterocycles. The van der Waals surface area contributed by atoms with Gasteiger partial charge >= 0.3 is 0 Å². The smallest absolute Gasteiger partial charge is 0.244 e. The van der Waals surface area contributed by atoms with Gasteiger partial charge in [-0.2, -0.15) is 4.31 Å². The predicted octanol–water partition coefficient (Wildman–Crippen LogP) is 0.840. The summed E-state index contributed by atoms with van der Waals surface area (Å²) in [6.45, 7) is 1.71. The number of methoxy groups -OCH3 is 1. The van der Waals surface area contributed by atoms with Gasteiger partial charge in [0, 0.05) is 19.2 Å². The molecular formula is C13H21N3O3S. The first kappa shape index (κ1) is 15.2. The molecule has 1 aromatic rings. The fourth-order valence-corrected chi connectivity index (χ4v) is 4.01. The Hall–Kier alpha value is -1.18. The van der Waals surface area contributed by atoms with Crippen LogP contribution in [0, 0.1) is 5.92 Å². The summed E-state index contributed by atoms with van der Waals surface area (Å²) in [5.74, 6) is 0.762. The molecule has 1 fully saturated rings. The number of pyridine rings is 1. The van der Waals surface area contributed by atoms with Crippen molar-refractivity contribution in [2.24, 2.45) is 11.7 Å². The van der Waals surface area contributed by atoms with Crippen LogP contribution in [0.1, 0.15) is 19.3 Å². The molecule has 20 heavy (non-hydrogen) atoms. The summed E-state index contributed by atoms with van der Waals surface area (Å²) in [4.78, 5) is 4.18. The van der Waals surface area contributed by atoms with Crippen molar-refractivity contribution in [2.45, 2.75) is 24.2 Å². The molecule has 2 N–H and O–H groups in total. The SMILES string of the molecule is COc1ccc(S(=O)(=O)N2CCCC(CCN)C2)cn1. The zero-order valence-corrected chi connectivity index (χ0v) is 12.5. The third kappa shape index (κ3) is 3.28. The minimum Gasteiger partial charge on any atom is -0.481 e. The Balaban J connectivity index is 2.16. The number of nitrogens with zero attached hydrogens (tertiary/aromatic N) is 2. The Morgan fingerprint density at radius 2 is 2.30 bits per heavy atom. The van der Waals surface area contributed by atoms with Crippen LogP contribution in [0.5, 0.6) is 5.88 Å². The van der Waals surface area contributed by atoms with Gasteiger partial charge in [-0.05, 0) is 37.8 Å². The first-order chi connectivity index (χ1) is 9.57. The highest BCUT2D eigenvalue weighted by molar-refractivity contribution is 7.89. The second-order valence-corrected chi connectivity index (χ2v) is 6.92. The lowest BCUT2D eigenvalue weighted by atomic mass is 9.96. The maximum absolute atomic E-state index is 12.6. The van der Waals surface area contributed by atoms with Crippen LogP contribution < -0.4 is 10.5 Å². The van der Waals surface area contributed by atoms with Crippen molar-refractivity contribution in [2.75, 3.05) is 26.7 Å². The Labute approximate surface area is 120 Å². The Morgan fingerprint density at radius 3 is 2.90 bits per heavy atom. The highest BCUT2D eigenvalue weighted by Gasteiger charge is 2.30. The van der Waals surface area contributed by atoms with Crippen LogP contribution in [-0.2, 0) is 10.0 Å². The summed E-state index contributed by atoms with van der Waals surface area (Å²) < 4.78 is 31.6. The lowest BCUT2D eigenvalue weighted by molar-refractivity contribution is 0.258. The van der Waals surface area contributed by atoms with Crippen LogP contribution in [0.25, 0.3) is 0 Å². The molecule has 2 rings (SSSR count). The molecule has 0 aromatic carbocycles. The number of sulfonamides is 1. The van der Waals surface area contributed by atoms with Gasteiger partial charge < -0.3 is 10.5 Å². The van der Waals surface area contributed by atoms with E-state index in [-0.39, 0.29) is 4.90 Å². The zero-order valence-electron chi connectivity index (χ0n) is 11.7. The number of rotatable bonds is 5. The summed E-state index contributed by atoms with van der Waals surface area (Å²) in [5.41, 5.74) is 5.57. The predicted molar refractivity (Wildman–Crippen MR) is 75.9 cm³/mol. The van der Waals surface area contributed by atoms with Crippen LogP contribution in [0.3, 0.4) is 0 Å². The third-order valence-electron chi connectivity index (χ3n) is 3.61. The monoisotopic (exact) mass is 299 g/mol. The molecule has 0 spiro atoms. The first-order valence-electron chi connectivity index (χ1n) is 6.78. The van der Waals surface area contributed by atoms with Crippen LogP contribution in [0.4, 0.5) is 0 Å². The lowest BCUT2D eigenvalue weighted by Gasteiger charge is -2.31. The molecular weight excluding hydrogens is 278 g/mol. The number of hydrogen-bond donors (Lipinski definition) is 1. The van der Waals surface area contributed by atoms with Crippen LogP contribution in [0.2, 0.25) is 0 Å². The maximum atomic E-state index is 12.6. The molecule has 1 aliphatic rings. The van der Waals surface area contributed by atoms with Gasteiger partial charge in [0.05, 0.1) is 13.3 Å². The maximum Gasteiger partial charge on any atom is 0.244 e. The van der Waals surface area contributed by atoms with Crippen molar-refractivity contribution >= 4 is 10.0 Å². The third-order valence-corrected chi connectivity index (χ3v) is 5.46. The van der Waals surface area contributed by atoms with Crippen LogP contribution in [-0.4, -0.2) is 44.5 Å². The quantitative estimate of drug-likeness (QED) is 0.870. The molecule has 6 nitrogen and oxygen atoms in total. The van der Waals surface area contributed by atoms with Crippen molar-refractivity contribution < 1.29 is 13.2 Å². The van der Waals surface area contributed by atoms with E-state index in [1.165, 1.54) is 19.4 Å². The van der Waals surface area contributed by atoms with E-state index in [9.17, 15) is 8.42 Å². The second-order valence-electron chi connectivity index (χ2n) is 4.98. The van der Waals surface area contributed by atoms with E-state index in [0.717, 1.165) is 19.3 Å². The van der Waals surface area contributed by atoms with Crippen molar-refractivity contribution in [1.82, 2.24) is 9.29 Å². The number of piperidine rings is 1. The van der Waals surface area contributed by atoms with Crippen molar-refractivity contribution in [1.29, 1.82) is 0 Å². The average molecular weight is 299 g/mol. The molecule has 112 valence electrons. The largest absolute Gasteiger partial charge is 0.481 e. The molecule has 1 aromatic heterocycles. The molecule has 0 amide bonds. The van der Waals surface area contributed by atoms with E-state index in [1.807, 2.05) is 0 Å². The minimum atomic E-state index is -3.46. The molecule has 2 heterocycles.